The molecule has 3 nitrogen and oxygen atoms in total. The first-order valence-electron chi connectivity index (χ1n) is 6.74. The van der Waals surface area contributed by atoms with Gasteiger partial charge >= 0.3 is 6.92 Å². The summed E-state index contributed by atoms with van der Waals surface area (Å²) in [6.45, 7) is 7.06. The molecule has 2 aliphatic heterocycles. The summed E-state index contributed by atoms with van der Waals surface area (Å²) in [6.07, 6.45) is 3.69. The summed E-state index contributed by atoms with van der Waals surface area (Å²) in [7, 11) is 0. The fourth-order valence-electron chi connectivity index (χ4n) is 2.60. The van der Waals surface area contributed by atoms with Crippen molar-refractivity contribution < 1.29 is 4.65 Å². The van der Waals surface area contributed by atoms with Crippen LogP contribution in [0.25, 0.3) is 0 Å². The summed E-state index contributed by atoms with van der Waals surface area (Å²) in [5.74, 6) is 4.80. The molecule has 0 aromatic heterocycles. The molecule has 0 radical (unpaired) electrons. The average molecular weight is 266 g/mol. The highest BCUT2D eigenvalue weighted by Crippen LogP contribution is 2.27. The van der Waals surface area contributed by atoms with Crippen LogP contribution in [0.4, 0.5) is 0 Å². The quantitative estimate of drug-likeness (QED) is 0.437. The van der Waals surface area contributed by atoms with Crippen molar-refractivity contribution in [3.63, 3.8) is 0 Å². The maximum Gasteiger partial charge on any atom is 0.344 e. The third-order valence-electron chi connectivity index (χ3n) is 3.38. The summed E-state index contributed by atoms with van der Waals surface area (Å²) in [6, 6.07) is 0. The number of rotatable bonds is 6. The van der Waals surface area contributed by atoms with Crippen LogP contribution in [-0.4, -0.2) is 37.0 Å². The normalized spacial score (nSPS) is 26.6. The molecule has 1 fully saturated rings. The molecule has 100 valence electrons. The van der Waals surface area contributed by atoms with E-state index < -0.39 is 0 Å². The molecule has 0 aliphatic carbocycles. The van der Waals surface area contributed by atoms with Crippen molar-refractivity contribution in [1.29, 1.82) is 0 Å². The van der Waals surface area contributed by atoms with E-state index in [2.05, 4.69) is 24.8 Å². The lowest BCUT2D eigenvalue weighted by atomic mass is 9.58. The van der Waals surface area contributed by atoms with Crippen molar-refractivity contribution in [3.05, 3.63) is 23.8 Å². The second-order valence-electron chi connectivity index (χ2n) is 5.25. The van der Waals surface area contributed by atoms with Crippen LogP contribution in [0.2, 0.25) is 0 Å². The summed E-state index contributed by atoms with van der Waals surface area (Å²) in [4.78, 5) is 0. The fraction of sp³-hybridized carbons (Fsp3) is 0.692. The zero-order chi connectivity index (χ0) is 13.0. The highest BCUT2D eigenvalue weighted by molar-refractivity contribution is 7.99. The molecule has 2 rings (SSSR count). The zero-order valence-electron chi connectivity index (χ0n) is 11.2. The van der Waals surface area contributed by atoms with Gasteiger partial charge in [-0.15, -0.1) is 6.58 Å². The van der Waals surface area contributed by atoms with Gasteiger partial charge in [0.05, 0.1) is 0 Å². The van der Waals surface area contributed by atoms with Crippen LogP contribution in [0.1, 0.15) is 26.2 Å². The molecule has 0 saturated carbocycles. The molecule has 2 aliphatic rings. The van der Waals surface area contributed by atoms with Crippen LogP contribution in [0.3, 0.4) is 0 Å². The first kappa shape index (κ1) is 14.0. The van der Waals surface area contributed by atoms with Gasteiger partial charge in [0.25, 0.3) is 0 Å². The third-order valence-corrected chi connectivity index (χ3v) is 4.42. The van der Waals surface area contributed by atoms with Gasteiger partial charge in [0.15, 0.2) is 0 Å². The van der Waals surface area contributed by atoms with E-state index >= 15 is 0 Å². The van der Waals surface area contributed by atoms with Crippen LogP contribution in [-0.2, 0) is 4.65 Å². The number of fused-ring (bicyclic) bond motifs is 1. The van der Waals surface area contributed by atoms with Crippen molar-refractivity contribution in [2.24, 2.45) is 5.73 Å². The summed E-state index contributed by atoms with van der Waals surface area (Å²) < 4.78 is 6.12. The molecule has 2 atom stereocenters. The lowest BCUT2D eigenvalue weighted by Crippen LogP contribution is -2.45. The highest BCUT2D eigenvalue weighted by Gasteiger charge is 2.37. The topological polar surface area (TPSA) is 47.3 Å². The maximum absolute atomic E-state index is 6.12. The molecular formula is C13H23BN2OS. The van der Waals surface area contributed by atoms with E-state index in [1.54, 1.807) is 0 Å². The van der Waals surface area contributed by atoms with Crippen LogP contribution in [0.5, 0.6) is 0 Å². The smallest absolute Gasteiger partial charge is 0.344 e. The Labute approximate surface area is 115 Å². The molecule has 1 saturated heterocycles. The zero-order valence-corrected chi connectivity index (χ0v) is 12.0. The Balaban J connectivity index is 1.81. The third kappa shape index (κ3) is 3.80. The summed E-state index contributed by atoms with van der Waals surface area (Å²) in [5.41, 5.74) is 8.03. The van der Waals surface area contributed by atoms with Crippen molar-refractivity contribution in [1.82, 2.24) is 5.32 Å². The molecule has 0 aromatic carbocycles. The van der Waals surface area contributed by atoms with E-state index in [4.69, 9.17) is 10.4 Å². The van der Waals surface area contributed by atoms with Gasteiger partial charge in [0, 0.05) is 35.8 Å². The predicted octanol–water partition coefficient (Wildman–Crippen LogP) is 1.75. The van der Waals surface area contributed by atoms with E-state index in [9.17, 15) is 0 Å². The second kappa shape index (κ2) is 6.69. The Kier molecular flexibility index (Phi) is 5.21. The largest absolute Gasteiger partial charge is 0.426 e. The van der Waals surface area contributed by atoms with Gasteiger partial charge in [-0.05, 0) is 26.2 Å². The minimum absolute atomic E-state index is 0.261. The first-order chi connectivity index (χ1) is 8.69. The Hall–Kier alpha value is -0.385. The molecule has 18 heavy (non-hydrogen) atoms. The van der Waals surface area contributed by atoms with E-state index in [0.717, 1.165) is 30.9 Å². The minimum atomic E-state index is 0.261. The van der Waals surface area contributed by atoms with Crippen LogP contribution in [0, 0.1) is 0 Å². The SMILES string of the molecule is C=C(C)CC1CCC2NC(CSCCN)=CB2O1. The van der Waals surface area contributed by atoms with Gasteiger partial charge in [-0.1, -0.05) is 11.5 Å². The average Bonchev–Trinajstić information content (AvgIpc) is 2.70. The minimum Gasteiger partial charge on any atom is -0.426 e. The van der Waals surface area contributed by atoms with Gasteiger partial charge in [0.2, 0.25) is 0 Å². The molecule has 0 spiro atoms. The summed E-state index contributed by atoms with van der Waals surface area (Å²) >= 11 is 1.88. The van der Waals surface area contributed by atoms with E-state index in [0.29, 0.717) is 12.0 Å². The fourth-order valence-corrected chi connectivity index (χ4v) is 3.31. The molecule has 2 unspecified atom stereocenters. The molecule has 2 heterocycles. The van der Waals surface area contributed by atoms with E-state index in [1.165, 1.54) is 17.7 Å². The lowest BCUT2D eigenvalue weighted by Gasteiger charge is -2.30. The Bertz CT molecular complexity index is 335. The van der Waals surface area contributed by atoms with Crippen molar-refractivity contribution in [2.45, 2.75) is 38.2 Å². The monoisotopic (exact) mass is 266 g/mol. The van der Waals surface area contributed by atoms with Gasteiger partial charge in [-0.2, -0.15) is 11.8 Å². The van der Waals surface area contributed by atoms with Crippen LogP contribution >= 0.6 is 11.8 Å². The van der Waals surface area contributed by atoms with Gasteiger partial charge < -0.3 is 15.7 Å². The number of nitrogens with one attached hydrogen (secondary N) is 1. The van der Waals surface area contributed by atoms with Gasteiger partial charge in [-0.3, -0.25) is 0 Å². The molecule has 3 N–H and O–H groups in total. The maximum atomic E-state index is 6.12. The molecule has 0 bridgehead atoms. The van der Waals surface area contributed by atoms with Gasteiger partial charge in [-0.25, -0.2) is 0 Å². The highest BCUT2D eigenvalue weighted by atomic mass is 32.2. The van der Waals surface area contributed by atoms with Crippen LogP contribution in [0.15, 0.2) is 23.8 Å². The van der Waals surface area contributed by atoms with Crippen molar-refractivity contribution in [3.8, 4) is 0 Å². The number of nitrogens with two attached hydrogens (primary N) is 1. The number of hydrogen-bond acceptors (Lipinski definition) is 4. The first-order valence-corrected chi connectivity index (χ1v) is 7.89. The molecular weight excluding hydrogens is 243 g/mol. The van der Waals surface area contributed by atoms with Crippen molar-refractivity contribution >= 4 is 18.7 Å². The van der Waals surface area contributed by atoms with Crippen LogP contribution < -0.4 is 11.1 Å². The summed E-state index contributed by atoms with van der Waals surface area (Å²) in [5, 5.41) is 3.58. The molecule has 5 heteroatoms. The lowest BCUT2D eigenvalue weighted by molar-refractivity contribution is 0.163. The number of thioether (sulfide) groups is 1. The molecule has 0 amide bonds. The standard InChI is InChI=1S/C13H23BN2OS/c1-10(2)7-12-3-4-13-14(17-12)8-11(16-13)9-18-6-5-15/h8,12-13,16H,1,3-7,9,15H2,2H3. The molecule has 0 aromatic rings. The van der Waals surface area contributed by atoms with Crippen molar-refractivity contribution in [2.75, 3.05) is 18.1 Å². The van der Waals surface area contributed by atoms with E-state index in [-0.39, 0.29) is 6.92 Å². The second-order valence-corrected chi connectivity index (χ2v) is 6.35. The Morgan fingerprint density at radius 3 is 3.22 bits per heavy atom. The predicted molar refractivity (Wildman–Crippen MR) is 80.7 cm³/mol. The Morgan fingerprint density at radius 1 is 1.67 bits per heavy atom. The van der Waals surface area contributed by atoms with Gasteiger partial charge in [0.1, 0.15) is 0 Å². The van der Waals surface area contributed by atoms with E-state index in [1.807, 2.05) is 11.8 Å². The number of hydrogen-bond donors (Lipinski definition) is 2. The Morgan fingerprint density at radius 2 is 2.50 bits per heavy atom.